The van der Waals surface area contributed by atoms with E-state index >= 15 is 0 Å². The van der Waals surface area contributed by atoms with Gasteiger partial charge in [-0.25, -0.2) is 4.90 Å². The van der Waals surface area contributed by atoms with Gasteiger partial charge in [-0.3, -0.25) is 9.59 Å². The fourth-order valence-corrected chi connectivity index (χ4v) is 3.82. The van der Waals surface area contributed by atoms with Gasteiger partial charge in [0.25, 0.3) is 0 Å². The number of carbonyl (C=O) groups is 2. The number of nitrogens with two attached hydrogens (primary N) is 1. The van der Waals surface area contributed by atoms with Gasteiger partial charge < -0.3 is 10.5 Å². The van der Waals surface area contributed by atoms with E-state index in [1.54, 1.807) is 31.4 Å². The molecule has 2 aromatic carbocycles. The van der Waals surface area contributed by atoms with Crippen LogP contribution < -0.4 is 15.4 Å². The average Bonchev–Trinajstić information content (AvgIpc) is 3.00. The van der Waals surface area contributed by atoms with Crippen LogP contribution in [0.5, 0.6) is 5.75 Å². The van der Waals surface area contributed by atoms with Gasteiger partial charge in [0.1, 0.15) is 11.0 Å². The maximum absolute atomic E-state index is 12.7. The summed E-state index contributed by atoms with van der Waals surface area (Å²) in [4.78, 5) is 26.2. The minimum Gasteiger partial charge on any atom is -0.497 e. The maximum Gasteiger partial charge on any atom is 0.247 e. The normalized spacial score (nSPS) is 17.8. The number of nitrogens with zero attached hydrogens (tertiary/aromatic N) is 3. The number of amides is 2. The molecule has 29 heavy (non-hydrogen) atoms. The molecule has 2 N–H and O–H groups in total. The molecule has 1 aliphatic heterocycles. The molecule has 0 aromatic heterocycles. The number of halogens is 1. The summed E-state index contributed by atoms with van der Waals surface area (Å²) in [7, 11) is 1.60. The highest BCUT2D eigenvalue weighted by molar-refractivity contribution is 9.10. The molecule has 1 aliphatic rings. The summed E-state index contributed by atoms with van der Waals surface area (Å²) in [5.74, 6) is 0.178. The van der Waals surface area contributed by atoms with Crippen LogP contribution in [0.25, 0.3) is 0 Å². The number of ether oxygens (including phenoxy) is 1. The van der Waals surface area contributed by atoms with Crippen LogP contribution in [0, 0.1) is 0 Å². The van der Waals surface area contributed by atoms with Crippen molar-refractivity contribution in [1.29, 1.82) is 0 Å². The second-order valence-electron chi connectivity index (χ2n) is 6.21. The molecular formula is C20H19BrN4O3S. The lowest BCUT2D eigenvalue weighted by atomic mass is 10.1. The average molecular weight is 475 g/mol. The topological polar surface area (TPSA) is 97.3 Å². The molecule has 3 rings (SSSR count). The standard InChI is InChI=1S/C20H19BrN4O3S/c1-12(13-3-9-16(28-2)10-4-13)23-24-20(22)29-17-11-18(26)25(19(17)27)15-7-5-14(21)6-8-15/h3-10,17H,11H2,1-2H3,(H2,22,24)/b23-12-/t17-/m0/s1. The number of hydrogen-bond acceptors (Lipinski definition) is 6. The van der Waals surface area contributed by atoms with Crippen molar-refractivity contribution >= 4 is 56.1 Å². The van der Waals surface area contributed by atoms with Gasteiger partial charge in [0.15, 0.2) is 5.17 Å². The molecule has 7 nitrogen and oxygen atoms in total. The fraction of sp³-hybridized carbons (Fsp3) is 0.200. The zero-order chi connectivity index (χ0) is 21.0. The van der Waals surface area contributed by atoms with Crippen LogP contribution >= 0.6 is 27.7 Å². The Balaban J connectivity index is 1.68. The zero-order valence-corrected chi connectivity index (χ0v) is 18.2. The van der Waals surface area contributed by atoms with Gasteiger partial charge in [-0.1, -0.05) is 27.7 Å². The smallest absolute Gasteiger partial charge is 0.247 e. The van der Waals surface area contributed by atoms with E-state index in [4.69, 9.17) is 10.5 Å². The first-order valence-corrected chi connectivity index (χ1v) is 10.4. The molecule has 0 spiro atoms. The molecule has 1 saturated heterocycles. The van der Waals surface area contributed by atoms with Crippen molar-refractivity contribution in [3.8, 4) is 5.75 Å². The number of amidine groups is 1. The molecule has 0 unspecified atom stereocenters. The van der Waals surface area contributed by atoms with Gasteiger partial charge in [-0.2, -0.15) is 5.10 Å². The predicted molar refractivity (Wildman–Crippen MR) is 119 cm³/mol. The van der Waals surface area contributed by atoms with E-state index in [9.17, 15) is 9.59 Å². The van der Waals surface area contributed by atoms with Gasteiger partial charge in [-0.15, -0.1) is 5.10 Å². The summed E-state index contributed by atoms with van der Waals surface area (Å²) in [6.45, 7) is 1.81. The van der Waals surface area contributed by atoms with E-state index in [1.807, 2.05) is 31.2 Å². The van der Waals surface area contributed by atoms with Gasteiger partial charge in [0, 0.05) is 10.9 Å². The monoisotopic (exact) mass is 474 g/mol. The van der Waals surface area contributed by atoms with Crippen LogP contribution in [-0.4, -0.2) is 35.1 Å². The summed E-state index contributed by atoms with van der Waals surface area (Å²) in [5.41, 5.74) is 8.02. The molecule has 0 saturated carbocycles. The highest BCUT2D eigenvalue weighted by atomic mass is 79.9. The van der Waals surface area contributed by atoms with E-state index in [2.05, 4.69) is 26.1 Å². The van der Waals surface area contributed by atoms with Crippen molar-refractivity contribution in [2.24, 2.45) is 15.9 Å². The number of methoxy groups -OCH3 is 1. The molecule has 150 valence electrons. The Kier molecular flexibility index (Phi) is 6.71. The predicted octanol–water partition coefficient (Wildman–Crippen LogP) is 3.56. The Morgan fingerprint density at radius 3 is 2.41 bits per heavy atom. The molecule has 1 fully saturated rings. The summed E-state index contributed by atoms with van der Waals surface area (Å²) in [6.07, 6.45) is 0.0664. The Labute approximate surface area is 181 Å². The zero-order valence-electron chi connectivity index (χ0n) is 15.8. The molecule has 1 atom stereocenters. The molecule has 1 heterocycles. The maximum atomic E-state index is 12.7. The fourth-order valence-electron chi connectivity index (χ4n) is 2.74. The number of carbonyl (C=O) groups excluding carboxylic acids is 2. The van der Waals surface area contributed by atoms with Crippen molar-refractivity contribution in [2.75, 3.05) is 12.0 Å². The number of rotatable bonds is 5. The lowest BCUT2D eigenvalue weighted by Gasteiger charge is -2.14. The van der Waals surface area contributed by atoms with Crippen LogP contribution in [-0.2, 0) is 9.59 Å². The van der Waals surface area contributed by atoms with Crippen LogP contribution in [0.3, 0.4) is 0 Å². The molecule has 2 amide bonds. The van der Waals surface area contributed by atoms with Gasteiger partial charge in [0.2, 0.25) is 11.8 Å². The third-order valence-corrected chi connectivity index (χ3v) is 5.76. The summed E-state index contributed by atoms with van der Waals surface area (Å²) < 4.78 is 6.00. The first kappa shape index (κ1) is 21.1. The highest BCUT2D eigenvalue weighted by Crippen LogP contribution is 2.30. The number of thioether (sulfide) groups is 1. The lowest BCUT2D eigenvalue weighted by Crippen LogP contribution is -2.31. The highest BCUT2D eigenvalue weighted by Gasteiger charge is 2.40. The van der Waals surface area contributed by atoms with Crippen molar-refractivity contribution in [1.82, 2.24) is 0 Å². The second kappa shape index (κ2) is 9.23. The summed E-state index contributed by atoms with van der Waals surface area (Å²) in [5, 5.41) is 7.63. The van der Waals surface area contributed by atoms with E-state index in [0.717, 1.165) is 27.5 Å². The van der Waals surface area contributed by atoms with Crippen LogP contribution in [0.4, 0.5) is 5.69 Å². The van der Waals surface area contributed by atoms with Crippen LogP contribution in [0.1, 0.15) is 18.9 Å². The first-order chi connectivity index (χ1) is 13.9. The number of anilines is 1. The minimum atomic E-state index is -0.619. The summed E-state index contributed by atoms with van der Waals surface area (Å²) >= 11 is 4.38. The Morgan fingerprint density at radius 2 is 1.79 bits per heavy atom. The largest absolute Gasteiger partial charge is 0.497 e. The van der Waals surface area contributed by atoms with Gasteiger partial charge in [-0.05, 0) is 61.0 Å². The molecular weight excluding hydrogens is 456 g/mol. The van der Waals surface area contributed by atoms with Gasteiger partial charge in [0.05, 0.1) is 18.5 Å². The van der Waals surface area contributed by atoms with Crippen LogP contribution in [0.2, 0.25) is 0 Å². The van der Waals surface area contributed by atoms with Crippen molar-refractivity contribution in [3.63, 3.8) is 0 Å². The van der Waals surface area contributed by atoms with E-state index < -0.39 is 5.25 Å². The van der Waals surface area contributed by atoms with E-state index in [0.29, 0.717) is 11.4 Å². The van der Waals surface area contributed by atoms with Crippen molar-refractivity contribution in [2.45, 2.75) is 18.6 Å². The van der Waals surface area contributed by atoms with E-state index in [-0.39, 0.29) is 23.4 Å². The molecule has 9 heteroatoms. The SMILES string of the molecule is COc1ccc(/C(C)=N\N=C(N)S[C@H]2CC(=O)N(c3ccc(Br)cc3)C2=O)cc1. The molecule has 0 bridgehead atoms. The third kappa shape index (κ3) is 5.04. The second-order valence-corrected chi connectivity index (χ2v) is 8.35. The molecule has 0 radical (unpaired) electrons. The minimum absolute atomic E-state index is 0.0664. The van der Waals surface area contributed by atoms with E-state index in [1.165, 1.54) is 4.90 Å². The lowest BCUT2D eigenvalue weighted by molar-refractivity contribution is -0.121. The third-order valence-electron chi connectivity index (χ3n) is 4.26. The first-order valence-electron chi connectivity index (χ1n) is 8.70. The summed E-state index contributed by atoms with van der Waals surface area (Å²) in [6, 6.07) is 14.4. The van der Waals surface area contributed by atoms with Crippen molar-refractivity contribution < 1.29 is 14.3 Å². The number of imide groups is 1. The van der Waals surface area contributed by atoms with Crippen molar-refractivity contribution in [3.05, 3.63) is 58.6 Å². The van der Waals surface area contributed by atoms with Crippen LogP contribution in [0.15, 0.2) is 63.2 Å². The van der Waals surface area contributed by atoms with Gasteiger partial charge >= 0.3 is 0 Å². The number of benzene rings is 2. The Bertz CT molecular complexity index is 974. The molecule has 0 aliphatic carbocycles. The quantitative estimate of drug-likeness (QED) is 0.309. The molecule has 2 aromatic rings. The Morgan fingerprint density at radius 1 is 1.14 bits per heavy atom. The Hall–Kier alpha value is -2.65. The number of hydrogen-bond donors (Lipinski definition) is 1.